The Balaban J connectivity index is 0.00000243. The minimum Gasteiger partial charge on any atom is -0.368 e. The molecule has 2 N–H and O–H groups in total. The molecule has 0 radical (unpaired) electrons. The van der Waals surface area contributed by atoms with Crippen molar-refractivity contribution < 1.29 is 9.72 Å². The van der Waals surface area contributed by atoms with Gasteiger partial charge in [0.15, 0.2) is 0 Å². The van der Waals surface area contributed by atoms with Gasteiger partial charge in [-0.1, -0.05) is 11.6 Å². The highest BCUT2D eigenvalue weighted by Crippen LogP contribution is 2.24. The lowest BCUT2D eigenvalue weighted by molar-refractivity contribution is -0.385. The maximum atomic E-state index is 12.3. The number of anilines is 2. The number of nitro benzene ring substituents is 1. The monoisotopic (exact) mass is 397 g/mol. The summed E-state index contributed by atoms with van der Waals surface area (Å²) in [6.45, 7) is 3.62. The number of piperazine rings is 1. The van der Waals surface area contributed by atoms with E-state index in [4.69, 9.17) is 11.6 Å². The standard InChI is InChI=1S/C16H16ClN5O3.ClH/c17-11-1-3-13(14(9-11)22(24)25)16(23)20-15-4-2-12(10-19-15)21-7-5-18-6-8-21;/h1-4,9-10,18H,5-8H2,(H,19,20,23);1H. The number of halogens is 2. The maximum absolute atomic E-state index is 12.3. The number of benzene rings is 1. The molecule has 8 nitrogen and oxygen atoms in total. The van der Waals surface area contributed by atoms with E-state index in [0.717, 1.165) is 37.9 Å². The second-order valence-electron chi connectivity index (χ2n) is 5.51. The van der Waals surface area contributed by atoms with E-state index in [2.05, 4.69) is 20.5 Å². The van der Waals surface area contributed by atoms with Crippen LogP contribution >= 0.6 is 24.0 Å². The Morgan fingerprint density at radius 2 is 2.00 bits per heavy atom. The molecule has 1 amide bonds. The highest BCUT2D eigenvalue weighted by atomic mass is 35.5. The molecule has 1 fully saturated rings. The molecular weight excluding hydrogens is 381 g/mol. The van der Waals surface area contributed by atoms with Gasteiger partial charge in [0, 0.05) is 37.3 Å². The lowest BCUT2D eigenvalue weighted by Crippen LogP contribution is -2.43. The van der Waals surface area contributed by atoms with Crippen LogP contribution in [0.15, 0.2) is 36.5 Å². The molecule has 0 saturated carbocycles. The molecule has 0 bridgehead atoms. The van der Waals surface area contributed by atoms with Crippen molar-refractivity contribution in [2.45, 2.75) is 0 Å². The summed E-state index contributed by atoms with van der Waals surface area (Å²) >= 11 is 5.76. The van der Waals surface area contributed by atoms with Crippen molar-refractivity contribution in [3.63, 3.8) is 0 Å². The predicted molar refractivity (Wildman–Crippen MR) is 103 cm³/mol. The maximum Gasteiger partial charge on any atom is 0.283 e. The van der Waals surface area contributed by atoms with Crippen LogP contribution in [0.5, 0.6) is 0 Å². The summed E-state index contributed by atoms with van der Waals surface area (Å²) in [7, 11) is 0. The molecule has 1 aliphatic heterocycles. The molecule has 0 aliphatic carbocycles. The fourth-order valence-electron chi connectivity index (χ4n) is 2.60. The van der Waals surface area contributed by atoms with E-state index in [-0.39, 0.29) is 28.7 Å². The van der Waals surface area contributed by atoms with Gasteiger partial charge in [-0.3, -0.25) is 14.9 Å². The highest BCUT2D eigenvalue weighted by Gasteiger charge is 2.21. The number of carbonyl (C=O) groups is 1. The molecule has 10 heteroatoms. The topological polar surface area (TPSA) is 100 Å². The fourth-order valence-corrected chi connectivity index (χ4v) is 2.77. The molecule has 2 aromatic rings. The van der Waals surface area contributed by atoms with Gasteiger partial charge in [0.2, 0.25) is 0 Å². The van der Waals surface area contributed by atoms with Gasteiger partial charge in [-0.25, -0.2) is 4.98 Å². The first-order valence-corrected chi connectivity index (χ1v) is 8.09. The van der Waals surface area contributed by atoms with Gasteiger partial charge >= 0.3 is 0 Å². The molecule has 26 heavy (non-hydrogen) atoms. The zero-order chi connectivity index (χ0) is 17.8. The Bertz CT molecular complexity index is 795. The van der Waals surface area contributed by atoms with Crippen molar-refractivity contribution in [3.05, 3.63) is 57.2 Å². The van der Waals surface area contributed by atoms with E-state index in [1.54, 1.807) is 12.3 Å². The van der Waals surface area contributed by atoms with Gasteiger partial charge in [-0.2, -0.15) is 0 Å². The summed E-state index contributed by atoms with van der Waals surface area (Å²) in [6.07, 6.45) is 1.68. The fraction of sp³-hybridized carbons (Fsp3) is 0.250. The van der Waals surface area contributed by atoms with Gasteiger partial charge in [-0.05, 0) is 24.3 Å². The van der Waals surface area contributed by atoms with Gasteiger partial charge in [0.25, 0.3) is 11.6 Å². The number of amides is 1. The number of nitrogens with zero attached hydrogens (tertiary/aromatic N) is 3. The minimum atomic E-state index is -0.637. The van der Waals surface area contributed by atoms with Gasteiger partial charge in [0.1, 0.15) is 11.4 Å². The Morgan fingerprint density at radius 3 is 2.62 bits per heavy atom. The first kappa shape index (κ1) is 19.9. The number of pyridine rings is 1. The first-order chi connectivity index (χ1) is 12.0. The van der Waals surface area contributed by atoms with Crippen LogP contribution in [0.4, 0.5) is 17.2 Å². The summed E-state index contributed by atoms with van der Waals surface area (Å²) in [5.41, 5.74) is 0.557. The summed E-state index contributed by atoms with van der Waals surface area (Å²) < 4.78 is 0. The van der Waals surface area contributed by atoms with Crippen molar-refractivity contribution in [2.24, 2.45) is 0 Å². The van der Waals surface area contributed by atoms with Crippen LogP contribution in [0.3, 0.4) is 0 Å². The Labute approximate surface area is 161 Å². The van der Waals surface area contributed by atoms with Crippen molar-refractivity contribution in [2.75, 3.05) is 36.4 Å². The third-order valence-electron chi connectivity index (χ3n) is 3.87. The minimum absolute atomic E-state index is 0. The van der Waals surface area contributed by atoms with E-state index >= 15 is 0 Å². The van der Waals surface area contributed by atoms with E-state index in [0.29, 0.717) is 5.82 Å². The van der Waals surface area contributed by atoms with Crippen LogP contribution in [0.25, 0.3) is 0 Å². The molecule has 1 aromatic carbocycles. The molecule has 1 aromatic heterocycles. The number of nitrogens with one attached hydrogen (secondary N) is 2. The average molecular weight is 398 g/mol. The normalized spacial score (nSPS) is 13.7. The van der Waals surface area contributed by atoms with Crippen LogP contribution in [0.1, 0.15) is 10.4 Å². The number of rotatable bonds is 4. The lowest BCUT2D eigenvalue weighted by atomic mass is 10.1. The molecule has 138 valence electrons. The second-order valence-corrected chi connectivity index (χ2v) is 5.95. The average Bonchev–Trinajstić information content (AvgIpc) is 2.63. The molecule has 0 unspecified atom stereocenters. The van der Waals surface area contributed by atoms with E-state index in [1.807, 2.05) is 6.07 Å². The first-order valence-electron chi connectivity index (χ1n) is 7.71. The zero-order valence-electron chi connectivity index (χ0n) is 13.6. The van der Waals surface area contributed by atoms with E-state index < -0.39 is 10.8 Å². The molecule has 0 spiro atoms. The molecule has 1 aliphatic rings. The Morgan fingerprint density at radius 1 is 1.27 bits per heavy atom. The van der Waals surface area contributed by atoms with Crippen LogP contribution in [0.2, 0.25) is 5.02 Å². The molecule has 1 saturated heterocycles. The van der Waals surface area contributed by atoms with Gasteiger partial charge < -0.3 is 15.5 Å². The summed E-state index contributed by atoms with van der Waals surface area (Å²) in [6, 6.07) is 7.45. The van der Waals surface area contributed by atoms with Crippen LogP contribution in [-0.4, -0.2) is 42.0 Å². The summed E-state index contributed by atoms with van der Waals surface area (Å²) in [5, 5.41) is 17.1. The SMILES string of the molecule is Cl.O=C(Nc1ccc(N2CCNCC2)cn1)c1ccc(Cl)cc1[N+](=O)[O-]. The molecule has 3 rings (SSSR count). The zero-order valence-corrected chi connectivity index (χ0v) is 15.2. The highest BCUT2D eigenvalue weighted by molar-refractivity contribution is 6.31. The van der Waals surface area contributed by atoms with Crippen molar-refractivity contribution >= 4 is 47.1 Å². The van der Waals surface area contributed by atoms with Crippen LogP contribution in [0, 0.1) is 10.1 Å². The predicted octanol–water partition coefficient (Wildman–Crippen LogP) is 2.73. The van der Waals surface area contributed by atoms with Crippen molar-refractivity contribution in [1.82, 2.24) is 10.3 Å². The second kappa shape index (κ2) is 8.79. The summed E-state index contributed by atoms with van der Waals surface area (Å²) in [4.78, 5) is 29.2. The quantitative estimate of drug-likeness (QED) is 0.607. The third kappa shape index (κ3) is 4.60. The van der Waals surface area contributed by atoms with Crippen molar-refractivity contribution in [1.29, 1.82) is 0 Å². The van der Waals surface area contributed by atoms with Gasteiger partial charge in [0.05, 0.1) is 16.8 Å². The Kier molecular flexibility index (Phi) is 6.73. The summed E-state index contributed by atoms with van der Waals surface area (Å²) in [5.74, 6) is -0.279. The largest absolute Gasteiger partial charge is 0.368 e. The number of hydrogen-bond acceptors (Lipinski definition) is 6. The van der Waals surface area contributed by atoms with Gasteiger partial charge in [-0.15, -0.1) is 12.4 Å². The third-order valence-corrected chi connectivity index (χ3v) is 4.11. The Hall–Kier alpha value is -2.42. The molecule has 0 atom stereocenters. The number of aromatic nitrogens is 1. The molecule has 2 heterocycles. The lowest BCUT2D eigenvalue weighted by Gasteiger charge is -2.29. The number of carbonyl (C=O) groups excluding carboxylic acids is 1. The number of nitro groups is 1. The van der Waals surface area contributed by atoms with Crippen LogP contribution < -0.4 is 15.5 Å². The van der Waals surface area contributed by atoms with Crippen LogP contribution in [-0.2, 0) is 0 Å². The number of hydrogen-bond donors (Lipinski definition) is 2. The molecular formula is C16H17Cl2N5O3. The van der Waals surface area contributed by atoms with E-state index in [9.17, 15) is 14.9 Å². The smallest absolute Gasteiger partial charge is 0.283 e. The van der Waals surface area contributed by atoms with Crippen molar-refractivity contribution in [3.8, 4) is 0 Å². The van der Waals surface area contributed by atoms with E-state index in [1.165, 1.54) is 12.1 Å².